The van der Waals surface area contributed by atoms with E-state index in [1.54, 1.807) is 0 Å². The van der Waals surface area contributed by atoms with Crippen LogP contribution in [0.3, 0.4) is 0 Å². The average Bonchev–Trinajstić information content (AvgIpc) is 2.63. The third kappa shape index (κ3) is 3.78. The molecule has 0 fully saturated rings. The Kier molecular flexibility index (Phi) is 5.78. The van der Waals surface area contributed by atoms with Crippen LogP contribution in [0.1, 0.15) is 76.0 Å². The van der Waals surface area contributed by atoms with Crippen LogP contribution >= 0.6 is 0 Å². The van der Waals surface area contributed by atoms with Crippen molar-refractivity contribution in [3.63, 3.8) is 0 Å². The van der Waals surface area contributed by atoms with Crippen molar-refractivity contribution in [2.24, 2.45) is 10.9 Å². The van der Waals surface area contributed by atoms with E-state index in [9.17, 15) is 4.79 Å². The van der Waals surface area contributed by atoms with Gasteiger partial charge in [0.25, 0.3) is 0 Å². The molecule has 0 spiro atoms. The first-order chi connectivity index (χ1) is 13.2. The molecule has 0 N–H and O–H groups in total. The largest absolute Gasteiger partial charge is 0.456 e. The fraction of sp³-hybridized carbons (Fsp3) is 0.500. The fourth-order valence-corrected chi connectivity index (χ4v) is 3.92. The molecule has 0 saturated carbocycles. The Bertz CT molecular complexity index is 873. The van der Waals surface area contributed by atoms with Crippen LogP contribution in [-0.4, -0.2) is 31.6 Å². The third-order valence-corrected chi connectivity index (χ3v) is 5.42. The molecule has 1 atom stereocenters. The van der Waals surface area contributed by atoms with E-state index in [4.69, 9.17) is 9.73 Å². The number of hydrogen-bond acceptors (Lipinski definition) is 3. The Morgan fingerprint density at radius 2 is 1.86 bits per heavy atom. The van der Waals surface area contributed by atoms with E-state index >= 15 is 0 Å². The van der Waals surface area contributed by atoms with Crippen LogP contribution in [0.5, 0.6) is 5.75 Å². The van der Waals surface area contributed by atoms with E-state index in [1.165, 1.54) is 11.1 Å². The molecule has 3 rings (SSSR count). The first kappa shape index (κ1) is 20.4. The summed E-state index contributed by atoms with van der Waals surface area (Å²) in [6, 6.07) is 4.47. The summed E-state index contributed by atoms with van der Waals surface area (Å²) in [6.45, 7) is 11.0. The molecule has 1 heterocycles. The van der Waals surface area contributed by atoms with E-state index in [0.717, 1.165) is 53.0 Å². The lowest BCUT2D eigenvalue weighted by molar-refractivity contribution is -0.105. The SMILES string of the molecule is CC1CC(C=O)=C2Oc3c(cc(C(C)C)cc3C(C)C)C(N=CN(C)C)=C2C1. The summed E-state index contributed by atoms with van der Waals surface area (Å²) in [7, 11) is 3.94. The van der Waals surface area contributed by atoms with Gasteiger partial charge in [0, 0.05) is 30.8 Å². The molecule has 150 valence electrons. The Morgan fingerprint density at radius 3 is 2.43 bits per heavy atom. The van der Waals surface area contributed by atoms with Gasteiger partial charge >= 0.3 is 0 Å². The molecular formula is C24H32N2O2. The molecule has 1 aromatic rings. The molecule has 28 heavy (non-hydrogen) atoms. The van der Waals surface area contributed by atoms with Gasteiger partial charge in [0.1, 0.15) is 17.8 Å². The third-order valence-electron chi connectivity index (χ3n) is 5.42. The summed E-state index contributed by atoms with van der Waals surface area (Å²) in [5.41, 5.74) is 6.26. The van der Waals surface area contributed by atoms with Gasteiger partial charge < -0.3 is 9.64 Å². The van der Waals surface area contributed by atoms with Crippen LogP contribution in [-0.2, 0) is 4.79 Å². The molecule has 0 bridgehead atoms. The van der Waals surface area contributed by atoms with Crippen molar-refractivity contribution >= 4 is 18.3 Å². The Balaban J connectivity index is 2.35. The first-order valence-corrected chi connectivity index (χ1v) is 10.2. The van der Waals surface area contributed by atoms with Gasteiger partial charge in [-0.15, -0.1) is 0 Å². The Morgan fingerprint density at radius 1 is 1.14 bits per heavy atom. The van der Waals surface area contributed by atoms with Crippen molar-refractivity contribution in [2.75, 3.05) is 14.1 Å². The van der Waals surface area contributed by atoms with Gasteiger partial charge in [-0.1, -0.05) is 40.7 Å². The van der Waals surface area contributed by atoms with Crippen molar-refractivity contribution in [1.29, 1.82) is 0 Å². The van der Waals surface area contributed by atoms with E-state index in [0.29, 0.717) is 17.8 Å². The van der Waals surface area contributed by atoms with Crippen molar-refractivity contribution < 1.29 is 9.53 Å². The first-order valence-electron chi connectivity index (χ1n) is 10.2. The normalized spacial score (nSPS) is 19.2. The summed E-state index contributed by atoms with van der Waals surface area (Å²) in [5, 5.41) is 0. The average molecular weight is 381 g/mol. The lowest BCUT2D eigenvalue weighted by Gasteiger charge is -2.33. The number of benzene rings is 1. The maximum Gasteiger partial charge on any atom is 0.149 e. The number of aldehydes is 1. The second-order valence-corrected chi connectivity index (χ2v) is 8.92. The van der Waals surface area contributed by atoms with Crippen LogP contribution in [0, 0.1) is 5.92 Å². The quantitative estimate of drug-likeness (QED) is 0.384. The van der Waals surface area contributed by atoms with Gasteiger partial charge in [-0.2, -0.15) is 0 Å². The van der Waals surface area contributed by atoms with Gasteiger partial charge in [-0.05, 0) is 47.8 Å². The molecule has 0 radical (unpaired) electrons. The summed E-state index contributed by atoms with van der Waals surface area (Å²) in [5.74, 6) is 2.71. The van der Waals surface area contributed by atoms with E-state index < -0.39 is 0 Å². The minimum atomic E-state index is 0.316. The topological polar surface area (TPSA) is 41.9 Å². The number of aliphatic imine (C=N–C) groups is 1. The van der Waals surface area contributed by atoms with E-state index in [-0.39, 0.29) is 0 Å². The molecule has 0 saturated heterocycles. The van der Waals surface area contributed by atoms with Crippen molar-refractivity contribution in [3.05, 3.63) is 45.7 Å². The van der Waals surface area contributed by atoms with Gasteiger partial charge in [0.05, 0.1) is 12.0 Å². The maximum absolute atomic E-state index is 11.8. The molecule has 4 nitrogen and oxygen atoms in total. The number of allylic oxidation sites excluding steroid dienone is 2. The number of rotatable bonds is 5. The molecule has 0 aromatic heterocycles. The lowest BCUT2D eigenvalue weighted by atomic mass is 9.81. The maximum atomic E-state index is 11.8. The van der Waals surface area contributed by atoms with Crippen LogP contribution in [0.2, 0.25) is 0 Å². The summed E-state index contributed by atoms with van der Waals surface area (Å²) >= 11 is 0. The molecule has 1 aliphatic heterocycles. The van der Waals surface area contributed by atoms with E-state index in [2.05, 4.69) is 46.8 Å². The zero-order valence-corrected chi connectivity index (χ0v) is 18.2. The highest BCUT2D eigenvalue weighted by Crippen LogP contribution is 2.48. The second kappa shape index (κ2) is 7.94. The Labute approximate surface area is 169 Å². The minimum Gasteiger partial charge on any atom is -0.456 e. The number of ether oxygens (including phenoxy) is 1. The predicted molar refractivity (Wildman–Crippen MR) is 116 cm³/mol. The number of carbonyl (C=O) groups is 1. The van der Waals surface area contributed by atoms with Gasteiger partial charge in [-0.25, -0.2) is 4.99 Å². The van der Waals surface area contributed by atoms with Gasteiger partial charge in [0.15, 0.2) is 0 Å². The molecular weight excluding hydrogens is 348 g/mol. The molecule has 2 aliphatic rings. The van der Waals surface area contributed by atoms with Crippen LogP contribution in [0.15, 0.2) is 34.0 Å². The van der Waals surface area contributed by atoms with E-state index in [1.807, 2.05) is 25.3 Å². The van der Waals surface area contributed by atoms with Crippen molar-refractivity contribution in [1.82, 2.24) is 4.90 Å². The number of fused-ring (bicyclic) bond motifs is 2. The molecule has 1 unspecified atom stereocenters. The van der Waals surface area contributed by atoms with Gasteiger partial charge in [-0.3, -0.25) is 4.79 Å². The highest BCUT2D eigenvalue weighted by Gasteiger charge is 2.34. The minimum absolute atomic E-state index is 0.316. The van der Waals surface area contributed by atoms with Crippen LogP contribution in [0.4, 0.5) is 0 Å². The highest BCUT2D eigenvalue weighted by molar-refractivity contribution is 5.87. The van der Waals surface area contributed by atoms with Gasteiger partial charge in [0.2, 0.25) is 0 Å². The second-order valence-electron chi connectivity index (χ2n) is 8.92. The van der Waals surface area contributed by atoms with Crippen molar-refractivity contribution in [2.45, 2.75) is 59.3 Å². The summed E-state index contributed by atoms with van der Waals surface area (Å²) in [4.78, 5) is 18.6. The van der Waals surface area contributed by atoms with Crippen LogP contribution in [0.25, 0.3) is 5.70 Å². The number of carbonyl (C=O) groups excluding carboxylic acids is 1. The fourth-order valence-electron chi connectivity index (χ4n) is 3.92. The number of hydrogen-bond donors (Lipinski definition) is 0. The van der Waals surface area contributed by atoms with Crippen LogP contribution < -0.4 is 4.74 Å². The molecule has 1 aromatic carbocycles. The van der Waals surface area contributed by atoms with Crippen molar-refractivity contribution in [3.8, 4) is 5.75 Å². The molecule has 1 aliphatic carbocycles. The zero-order valence-electron chi connectivity index (χ0n) is 18.2. The predicted octanol–water partition coefficient (Wildman–Crippen LogP) is 5.51. The lowest BCUT2D eigenvalue weighted by Crippen LogP contribution is -2.21. The summed E-state index contributed by atoms with van der Waals surface area (Å²) in [6.07, 6.45) is 4.42. The monoisotopic (exact) mass is 380 g/mol. The Hall–Kier alpha value is -2.36. The smallest absolute Gasteiger partial charge is 0.149 e. The zero-order chi connectivity index (χ0) is 20.6. The summed E-state index contributed by atoms with van der Waals surface area (Å²) < 4.78 is 6.45. The standard InChI is InChI=1S/C24H32N2O2/c1-14(2)17-10-19(15(3)4)24-21(11-17)22(25-13-26(6)7)20-9-16(5)8-18(12-27)23(20)28-24/h10-16H,8-9H2,1-7H3. The highest BCUT2D eigenvalue weighted by atomic mass is 16.5. The molecule has 4 heteroatoms. The number of nitrogens with zero attached hydrogens (tertiary/aromatic N) is 2. The molecule has 0 amide bonds.